The van der Waals surface area contributed by atoms with Crippen LogP contribution in [0, 0.1) is 12.7 Å². The molecule has 0 amide bonds. The topological polar surface area (TPSA) is 37.3 Å². The predicted octanol–water partition coefficient (Wildman–Crippen LogP) is 3.50. The third-order valence-electron chi connectivity index (χ3n) is 2.54. The van der Waals surface area contributed by atoms with Crippen molar-refractivity contribution in [3.05, 3.63) is 59.4 Å². The molecule has 0 aliphatic heterocycles. The third-order valence-corrected chi connectivity index (χ3v) is 2.54. The Morgan fingerprint density at radius 2 is 1.94 bits per heavy atom. The third kappa shape index (κ3) is 2.33. The fourth-order valence-corrected chi connectivity index (χ4v) is 1.76. The zero-order valence-electron chi connectivity index (χ0n) is 9.27. The summed E-state index contributed by atoms with van der Waals surface area (Å²) in [6.07, 6.45) is 0. The Bertz CT molecular complexity index is 576. The highest BCUT2D eigenvalue weighted by Gasteiger charge is 2.12. The zero-order chi connectivity index (χ0) is 12.4. The highest BCUT2D eigenvalue weighted by atomic mass is 19.1. The van der Waals surface area contributed by atoms with Crippen LogP contribution in [0.15, 0.2) is 42.5 Å². The summed E-state index contributed by atoms with van der Waals surface area (Å²) in [5.41, 5.74) is 2.32. The van der Waals surface area contributed by atoms with Gasteiger partial charge < -0.3 is 5.11 Å². The van der Waals surface area contributed by atoms with Gasteiger partial charge in [0.15, 0.2) is 0 Å². The normalized spacial score (nSPS) is 10.2. The van der Waals surface area contributed by atoms with Gasteiger partial charge in [-0.25, -0.2) is 9.18 Å². The highest BCUT2D eigenvalue weighted by Crippen LogP contribution is 2.25. The van der Waals surface area contributed by atoms with Gasteiger partial charge in [-0.3, -0.25) is 0 Å². The Labute approximate surface area is 98.3 Å². The molecule has 0 aromatic heterocycles. The minimum atomic E-state index is -1.12. The Morgan fingerprint density at radius 1 is 1.18 bits per heavy atom. The number of hydrogen-bond acceptors (Lipinski definition) is 1. The number of carbonyl (C=O) groups is 1. The summed E-state index contributed by atoms with van der Waals surface area (Å²) in [5.74, 6) is -1.67. The molecular weight excluding hydrogens is 219 g/mol. The average molecular weight is 230 g/mol. The lowest BCUT2D eigenvalue weighted by atomic mass is 9.98. The average Bonchev–Trinajstić information content (AvgIpc) is 2.28. The van der Waals surface area contributed by atoms with E-state index in [0.29, 0.717) is 5.56 Å². The fraction of sp³-hybridized carbons (Fsp3) is 0.0714. The van der Waals surface area contributed by atoms with Crippen molar-refractivity contribution < 1.29 is 14.3 Å². The van der Waals surface area contributed by atoms with Gasteiger partial charge in [-0.15, -0.1) is 0 Å². The lowest BCUT2D eigenvalue weighted by Crippen LogP contribution is -2.00. The number of halogens is 1. The minimum absolute atomic E-state index is 0.0180. The number of hydrogen-bond donors (Lipinski definition) is 1. The molecule has 2 aromatic rings. The molecule has 2 nitrogen and oxygen atoms in total. The molecule has 0 saturated heterocycles. The van der Waals surface area contributed by atoms with E-state index in [1.165, 1.54) is 12.1 Å². The first-order valence-corrected chi connectivity index (χ1v) is 5.18. The first-order chi connectivity index (χ1) is 8.08. The summed E-state index contributed by atoms with van der Waals surface area (Å²) in [4.78, 5) is 11.1. The maximum atomic E-state index is 13.0. The summed E-state index contributed by atoms with van der Waals surface area (Å²) >= 11 is 0. The predicted molar refractivity (Wildman–Crippen MR) is 63.5 cm³/mol. The van der Waals surface area contributed by atoms with Gasteiger partial charge in [0.1, 0.15) is 5.82 Å². The van der Waals surface area contributed by atoms with Crippen molar-refractivity contribution in [1.82, 2.24) is 0 Å². The van der Waals surface area contributed by atoms with Crippen molar-refractivity contribution in [2.24, 2.45) is 0 Å². The fourth-order valence-electron chi connectivity index (χ4n) is 1.76. The first-order valence-electron chi connectivity index (χ1n) is 5.18. The van der Waals surface area contributed by atoms with Gasteiger partial charge in [-0.1, -0.05) is 35.9 Å². The maximum absolute atomic E-state index is 13.0. The molecule has 0 aliphatic rings. The molecule has 0 unspecified atom stereocenters. The van der Waals surface area contributed by atoms with Crippen LogP contribution >= 0.6 is 0 Å². The van der Waals surface area contributed by atoms with Gasteiger partial charge in [0.05, 0.1) is 5.56 Å². The van der Waals surface area contributed by atoms with Gasteiger partial charge in [0.25, 0.3) is 0 Å². The Morgan fingerprint density at radius 3 is 2.59 bits per heavy atom. The van der Waals surface area contributed by atoms with Gasteiger partial charge in [0.2, 0.25) is 0 Å². The molecule has 0 saturated carbocycles. The van der Waals surface area contributed by atoms with Crippen molar-refractivity contribution in [3.8, 4) is 11.1 Å². The number of benzene rings is 2. The van der Waals surface area contributed by atoms with Gasteiger partial charge in [-0.05, 0) is 30.2 Å². The maximum Gasteiger partial charge on any atom is 0.336 e. The summed E-state index contributed by atoms with van der Waals surface area (Å²) in [7, 11) is 0. The molecule has 86 valence electrons. The number of carboxylic acids is 1. The van der Waals surface area contributed by atoms with E-state index < -0.39 is 11.8 Å². The summed E-state index contributed by atoms with van der Waals surface area (Å²) in [6.45, 7) is 1.92. The Kier molecular flexibility index (Phi) is 2.91. The second kappa shape index (κ2) is 4.37. The van der Waals surface area contributed by atoms with Crippen LogP contribution in [0.1, 0.15) is 15.9 Å². The lowest BCUT2D eigenvalue weighted by molar-refractivity contribution is 0.0697. The minimum Gasteiger partial charge on any atom is -0.478 e. The molecule has 0 atom stereocenters. The molecule has 0 spiro atoms. The second-order valence-corrected chi connectivity index (χ2v) is 3.86. The SMILES string of the molecule is Cc1cccc(-c2ccc(F)cc2C(=O)O)c1. The molecule has 1 N–H and O–H groups in total. The van der Waals surface area contributed by atoms with Gasteiger partial charge >= 0.3 is 5.97 Å². The van der Waals surface area contributed by atoms with Crippen molar-refractivity contribution in [3.63, 3.8) is 0 Å². The van der Waals surface area contributed by atoms with E-state index in [1.54, 1.807) is 0 Å². The summed E-state index contributed by atoms with van der Waals surface area (Å²) in [5, 5.41) is 9.05. The Balaban J connectivity index is 2.63. The number of aryl methyl sites for hydroxylation is 1. The molecule has 0 fully saturated rings. The molecule has 3 heteroatoms. The van der Waals surface area contributed by atoms with E-state index in [2.05, 4.69) is 0 Å². The van der Waals surface area contributed by atoms with Crippen LogP contribution < -0.4 is 0 Å². The molecule has 0 bridgehead atoms. The molecular formula is C14H11FO2. The number of aromatic carboxylic acids is 1. The number of carboxylic acid groups (broad SMARTS) is 1. The zero-order valence-corrected chi connectivity index (χ0v) is 9.27. The van der Waals surface area contributed by atoms with E-state index in [0.717, 1.165) is 17.2 Å². The van der Waals surface area contributed by atoms with Crippen LogP contribution in [0.3, 0.4) is 0 Å². The van der Waals surface area contributed by atoms with Crippen LogP contribution in [-0.2, 0) is 0 Å². The van der Waals surface area contributed by atoms with E-state index >= 15 is 0 Å². The molecule has 17 heavy (non-hydrogen) atoms. The van der Waals surface area contributed by atoms with E-state index in [9.17, 15) is 9.18 Å². The molecule has 2 aromatic carbocycles. The quantitative estimate of drug-likeness (QED) is 0.857. The lowest BCUT2D eigenvalue weighted by Gasteiger charge is -2.07. The standard InChI is InChI=1S/C14H11FO2/c1-9-3-2-4-10(7-9)12-6-5-11(15)8-13(12)14(16)17/h2-8H,1H3,(H,16,17). The number of rotatable bonds is 2. The van der Waals surface area contributed by atoms with Crippen LogP contribution in [-0.4, -0.2) is 11.1 Å². The van der Waals surface area contributed by atoms with Crippen LogP contribution in [0.2, 0.25) is 0 Å². The largest absolute Gasteiger partial charge is 0.478 e. The van der Waals surface area contributed by atoms with E-state index in [1.807, 2.05) is 31.2 Å². The monoisotopic (exact) mass is 230 g/mol. The van der Waals surface area contributed by atoms with Gasteiger partial charge in [-0.2, -0.15) is 0 Å². The smallest absolute Gasteiger partial charge is 0.336 e. The van der Waals surface area contributed by atoms with Gasteiger partial charge in [0, 0.05) is 0 Å². The van der Waals surface area contributed by atoms with E-state index in [4.69, 9.17) is 5.11 Å². The molecule has 0 heterocycles. The second-order valence-electron chi connectivity index (χ2n) is 3.86. The van der Waals surface area contributed by atoms with Crippen molar-refractivity contribution >= 4 is 5.97 Å². The molecule has 0 aliphatic carbocycles. The Hall–Kier alpha value is -2.16. The highest BCUT2D eigenvalue weighted by molar-refractivity contribution is 5.96. The van der Waals surface area contributed by atoms with Crippen molar-refractivity contribution in [2.45, 2.75) is 6.92 Å². The van der Waals surface area contributed by atoms with Crippen LogP contribution in [0.4, 0.5) is 4.39 Å². The van der Waals surface area contributed by atoms with Crippen molar-refractivity contribution in [2.75, 3.05) is 0 Å². The van der Waals surface area contributed by atoms with E-state index in [-0.39, 0.29) is 5.56 Å². The van der Waals surface area contributed by atoms with Crippen molar-refractivity contribution in [1.29, 1.82) is 0 Å². The summed E-state index contributed by atoms with van der Waals surface area (Å²) in [6, 6.07) is 11.3. The van der Waals surface area contributed by atoms with Crippen LogP contribution in [0.5, 0.6) is 0 Å². The summed E-state index contributed by atoms with van der Waals surface area (Å²) < 4.78 is 13.0. The first kappa shape index (κ1) is 11.3. The molecule has 2 rings (SSSR count). The molecule has 0 radical (unpaired) electrons. The van der Waals surface area contributed by atoms with Crippen LogP contribution in [0.25, 0.3) is 11.1 Å².